The van der Waals surface area contributed by atoms with E-state index < -0.39 is 5.97 Å². The molecule has 0 aromatic carbocycles. The largest absolute Gasteiger partial charge is 0.462 e. The summed E-state index contributed by atoms with van der Waals surface area (Å²) < 4.78 is 6.76. The molecule has 0 spiro atoms. The Kier molecular flexibility index (Phi) is 6.78. The van der Waals surface area contributed by atoms with Crippen molar-refractivity contribution in [1.29, 1.82) is 0 Å². The molecule has 0 saturated carbocycles. The number of rotatable bonds is 7. The Morgan fingerprint density at radius 1 is 1.29 bits per heavy atom. The van der Waals surface area contributed by atoms with Gasteiger partial charge in [-0.15, -0.1) is 22.7 Å². The van der Waals surface area contributed by atoms with Crippen molar-refractivity contribution in [2.45, 2.75) is 38.4 Å². The smallest absolute Gasteiger partial charge is 0.348 e. The van der Waals surface area contributed by atoms with E-state index in [0.29, 0.717) is 32.4 Å². The van der Waals surface area contributed by atoms with E-state index in [0.717, 1.165) is 30.8 Å². The normalized spacial score (nSPS) is 13.8. The van der Waals surface area contributed by atoms with E-state index in [9.17, 15) is 14.4 Å². The van der Waals surface area contributed by atoms with Gasteiger partial charge in [-0.1, -0.05) is 17.8 Å². The number of aromatic nitrogens is 2. The second-order valence-electron chi connectivity index (χ2n) is 7.20. The number of fused-ring (bicyclic) bond motifs is 1. The number of thioether (sulfide) groups is 1. The van der Waals surface area contributed by atoms with Gasteiger partial charge >= 0.3 is 5.97 Å². The van der Waals surface area contributed by atoms with E-state index in [1.54, 1.807) is 29.8 Å². The van der Waals surface area contributed by atoms with E-state index in [1.165, 1.54) is 23.1 Å². The molecule has 3 aromatic rings. The molecule has 1 saturated heterocycles. The highest BCUT2D eigenvalue weighted by Gasteiger charge is 2.24. The number of amides is 1. The number of nitrogens with zero attached hydrogens (tertiary/aromatic N) is 3. The van der Waals surface area contributed by atoms with Crippen LogP contribution >= 0.6 is 34.4 Å². The minimum absolute atomic E-state index is 0.0640. The van der Waals surface area contributed by atoms with Crippen LogP contribution in [0, 0.1) is 6.92 Å². The average molecular weight is 478 g/mol. The Bertz CT molecular complexity index is 1160. The highest BCUT2D eigenvalue weighted by atomic mass is 32.2. The summed E-state index contributed by atoms with van der Waals surface area (Å²) in [6, 6.07) is 3.91. The summed E-state index contributed by atoms with van der Waals surface area (Å²) >= 11 is 4.02. The van der Waals surface area contributed by atoms with Crippen molar-refractivity contribution in [3.8, 4) is 0 Å². The zero-order chi connectivity index (χ0) is 22.0. The molecular weight excluding hydrogens is 454 g/mol. The van der Waals surface area contributed by atoms with Crippen molar-refractivity contribution in [1.82, 2.24) is 14.5 Å². The number of hydrogen-bond donors (Lipinski definition) is 0. The topological polar surface area (TPSA) is 81.5 Å². The van der Waals surface area contributed by atoms with Gasteiger partial charge in [0.1, 0.15) is 9.71 Å². The first-order valence-electron chi connectivity index (χ1n) is 10.1. The minimum Gasteiger partial charge on any atom is -0.462 e. The van der Waals surface area contributed by atoms with Gasteiger partial charge in [-0.2, -0.15) is 0 Å². The molecule has 31 heavy (non-hydrogen) atoms. The molecule has 0 bridgehead atoms. The quantitative estimate of drug-likeness (QED) is 0.293. The Balaban J connectivity index is 1.73. The second kappa shape index (κ2) is 9.54. The van der Waals surface area contributed by atoms with Crippen LogP contribution in [0.1, 0.15) is 39.9 Å². The maximum Gasteiger partial charge on any atom is 0.348 e. The Morgan fingerprint density at radius 3 is 2.74 bits per heavy atom. The molecule has 0 radical (unpaired) electrons. The summed E-state index contributed by atoms with van der Waals surface area (Å²) in [5.74, 6) is -0.142. The molecule has 1 aliphatic rings. The van der Waals surface area contributed by atoms with Crippen LogP contribution in [-0.4, -0.2) is 51.8 Å². The molecule has 0 aliphatic carbocycles. The molecule has 1 fully saturated rings. The van der Waals surface area contributed by atoms with Crippen molar-refractivity contribution >= 4 is 56.5 Å². The minimum atomic E-state index is -0.439. The molecular formula is C21H23N3O4S3. The van der Waals surface area contributed by atoms with Crippen LogP contribution in [0.15, 0.2) is 27.5 Å². The fraction of sp³-hybridized carbons (Fsp3) is 0.429. The molecule has 1 aliphatic heterocycles. The van der Waals surface area contributed by atoms with Crippen LogP contribution < -0.4 is 5.56 Å². The van der Waals surface area contributed by atoms with E-state index in [4.69, 9.17) is 9.72 Å². The Morgan fingerprint density at radius 2 is 2.06 bits per heavy atom. The van der Waals surface area contributed by atoms with E-state index >= 15 is 0 Å². The van der Waals surface area contributed by atoms with Crippen molar-refractivity contribution in [3.63, 3.8) is 0 Å². The van der Waals surface area contributed by atoms with Crippen LogP contribution in [0.2, 0.25) is 0 Å². The third-order valence-corrected chi connectivity index (χ3v) is 8.14. The standard InChI is InChI=1S/C21H23N3O4S3/c1-3-28-20(27)17-13(2)16-18(31-17)22-21(30-12-15(25)23-8-4-5-9-23)24(19(16)26)11-14-7-6-10-29-14/h6-7,10H,3-5,8-9,11-12H2,1-2H3. The lowest BCUT2D eigenvalue weighted by molar-refractivity contribution is -0.127. The van der Waals surface area contributed by atoms with Crippen molar-refractivity contribution in [3.05, 3.63) is 43.2 Å². The number of likely N-dealkylation sites (tertiary alicyclic amines) is 1. The highest BCUT2D eigenvalue weighted by molar-refractivity contribution is 7.99. The van der Waals surface area contributed by atoms with Gasteiger partial charge in [0.15, 0.2) is 5.16 Å². The zero-order valence-corrected chi connectivity index (χ0v) is 19.8. The van der Waals surface area contributed by atoms with Crippen LogP contribution in [0.4, 0.5) is 0 Å². The third-order valence-electron chi connectivity index (χ3n) is 5.15. The predicted molar refractivity (Wildman–Crippen MR) is 125 cm³/mol. The van der Waals surface area contributed by atoms with Crippen molar-refractivity contribution in [2.24, 2.45) is 0 Å². The summed E-state index contributed by atoms with van der Waals surface area (Å²) in [6.45, 7) is 5.74. The number of esters is 1. The number of thiophene rings is 2. The molecule has 0 N–H and O–H groups in total. The van der Waals surface area contributed by atoms with Gasteiger partial charge in [0.2, 0.25) is 5.91 Å². The maximum atomic E-state index is 13.5. The van der Waals surface area contributed by atoms with Gasteiger partial charge in [0.05, 0.1) is 24.3 Å². The maximum absolute atomic E-state index is 13.5. The summed E-state index contributed by atoms with van der Waals surface area (Å²) in [5.41, 5.74) is 0.402. The fourth-order valence-corrected chi connectivity index (χ4v) is 6.29. The first kappa shape index (κ1) is 22.0. The third kappa shape index (κ3) is 4.56. The lowest BCUT2D eigenvalue weighted by Gasteiger charge is -2.16. The molecule has 1 amide bonds. The second-order valence-corrected chi connectivity index (χ2v) is 10.2. The average Bonchev–Trinajstić information content (AvgIpc) is 3.50. The lowest BCUT2D eigenvalue weighted by atomic mass is 10.2. The SMILES string of the molecule is CCOC(=O)c1sc2nc(SCC(=O)N3CCCC3)n(Cc3cccs3)c(=O)c2c1C. The molecule has 0 unspecified atom stereocenters. The first-order chi connectivity index (χ1) is 15.0. The Labute approximate surface area is 192 Å². The van der Waals surface area contributed by atoms with Crippen LogP contribution in [0.5, 0.6) is 0 Å². The molecule has 4 rings (SSSR count). The van der Waals surface area contributed by atoms with Crippen LogP contribution in [0.25, 0.3) is 10.2 Å². The Hall–Kier alpha value is -2.17. The van der Waals surface area contributed by atoms with E-state index in [1.807, 2.05) is 22.4 Å². The van der Waals surface area contributed by atoms with Crippen molar-refractivity contribution < 1.29 is 14.3 Å². The monoisotopic (exact) mass is 477 g/mol. The summed E-state index contributed by atoms with van der Waals surface area (Å²) in [5, 5.41) is 2.90. The number of carbonyl (C=O) groups is 2. The van der Waals surface area contributed by atoms with Crippen LogP contribution in [-0.2, 0) is 16.1 Å². The van der Waals surface area contributed by atoms with Gasteiger partial charge in [-0.25, -0.2) is 9.78 Å². The highest BCUT2D eigenvalue weighted by Crippen LogP contribution is 2.30. The zero-order valence-electron chi connectivity index (χ0n) is 17.4. The predicted octanol–water partition coefficient (Wildman–Crippen LogP) is 3.77. The van der Waals surface area contributed by atoms with Gasteiger partial charge in [0, 0.05) is 18.0 Å². The van der Waals surface area contributed by atoms with Gasteiger partial charge in [0.25, 0.3) is 5.56 Å². The van der Waals surface area contributed by atoms with Crippen LogP contribution in [0.3, 0.4) is 0 Å². The molecule has 4 heterocycles. The van der Waals surface area contributed by atoms with Gasteiger partial charge < -0.3 is 9.64 Å². The summed E-state index contributed by atoms with van der Waals surface area (Å²) in [6.07, 6.45) is 2.07. The van der Waals surface area contributed by atoms with E-state index in [-0.39, 0.29) is 23.8 Å². The number of aryl methyl sites for hydroxylation is 1. The number of carbonyl (C=O) groups excluding carboxylic acids is 2. The van der Waals surface area contributed by atoms with Crippen molar-refractivity contribution in [2.75, 3.05) is 25.4 Å². The number of ether oxygens (including phenoxy) is 1. The molecule has 10 heteroatoms. The molecule has 164 valence electrons. The summed E-state index contributed by atoms with van der Waals surface area (Å²) in [4.78, 5) is 46.8. The van der Waals surface area contributed by atoms with Gasteiger partial charge in [-0.3, -0.25) is 14.2 Å². The summed E-state index contributed by atoms with van der Waals surface area (Å²) in [7, 11) is 0. The molecule has 0 atom stereocenters. The lowest BCUT2D eigenvalue weighted by Crippen LogP contribution is -2.30. The van der Waals surface area contributed by atoms with Gasteiger partial charge in [-0.05, 0) is 43.7 Å². The molecule has 3 aromatic heterocycles. The van der Waals surface area contributed by atoms with E-state index in [2.05, 4.69) is 0 Å². The molecule has 7 nitrogen and oxygen atoms in total. The first-order valence-corrected chi connectivity index (χ1v) is 12.8. The number of hydrogen-bond acceptors (Lipinski definition) is 8. The fourth-order valence-electron chi connectivity index (χ4n) is 3.58.